The lowest BCUT2D eigenvalue weighted by molar-refractivity contribution is -0.870. The van der Waals surface area contributed by atoms with Crippen LogP contribution in [0.15, 0.2) is 0 Å². The van der Waals surface area contributed by atoms with Gasteiger partial charge in [-0.1, -0.05) is 0 Å². The number of quaternary nitrogens is 1. The van der Waals surface area contributed by atoms with E-state index in [1.54, 1.807) is 0 Å². The number of rotatable bonds is 3. The molecule has 0 amide bonds. The van der Waals surface area contributed by atoms with Crippen LogP contribution in [0, 0.1) is 11.8 Å². The minimum absolute atomic E-state index is 0.818. The Morgan fingerprint density at radius 1 is 0.711 bits per heavy atom. The molecule has 6 nitrogen and oxygen atoms in total. The third-order valence-corrected chi connectivity index (χ3v) is 11.1. The summed E-state index contributed by atoms with van der Waals surface area (Å²) in [6.07, 6.45) is 18.8. The molecule has 0 aromatic heterocycles. The maximum absolute atomic E-state index is 3.55. The van der Waals surface area contributed by atoms with Crippen molar-refractivity contribution in [1.29, 1.82) is 0 Å². The molecule has 8 rings (SSSR count). The van der Waals surface area contributed by atoms with Crippen LogP contribution in [0.3, 0.4) is 0 Å². The van der Waals surface area contributed by atoms with E-state index in [1.165, 1.54) is 123 Å². The van der Waals surface area contributed by atoms with Crippen LogP contribution in [0.1, 0.15) is 83.5 Å². The van der Waals surface area contributed by atoms with Crippen LogP contribution < -0.4 is 10.6 Å². The molecule has 7 saturated heterocycles. The second kappa shape index (κ2) is 14.6. The maximum Gasteiger partial charge on any atom is 0.0783 e. The van der Waals surface area contributed by atoms with E-state index in [-0.39, 0.29) is 0 Å². The molecular formula is C32H65N6+. The van der Waals surface area contributed by atoms with Gasteiger partial charge in [-0.05, 0) is 136 Å². The first-order valence-electron chi connectivity index (χ1n) is 16.6. The molecule has 0 aromatic carbocycles. The molecule has 4 bridgehead atoms. The number of fused-ring (bicyclic) bond motifs is 6. The Balaban J connectivity index is 0.000000118. The zero-order chi connectivity index (χ0) is 27.1. The van der Waals surface area contributed by atoms with E-state index in [1.807, 2.05) is 0 Å². The minimum Gasteiger partial charge on any atom is -0.331 e. The lowest BCUT2D eigenvalue weighted by Crippen LogP contribution is -2.46. The van der Waals surface area contributed by atoms with Gasteiger partial charge in [-0.3, -0.25) is 0 Å². The Kier molecular flexibility index (Phi) is 11.8. The Bertz CT molecular complexity index is 645. The second-order valence-electron chi connectivity index (χ2n) is 14.9. The van der Waals surface area contributed by atoms with Crippen LogP contribution in [-0.4, -0.2) is 131 Å². The summed E-state index contributed by atoms with van der Waals surface area (Å²) in [5.41, 5.74) is 0. The first-order chi connectivity index (χ1) is 18.2. The molecule has 3 unspecified atom stereocenters. The SMILES string of the molecule is CN1C2CCC1CC2.CN1CC2CCC1CC2.CN1CCCC2NCCC21.C[N+](C)(C)CCC1CCNC1. The predicted octanol–water partition coefficient (Wildman–Crippen LogP) is 3.87. The molecule has 7 aliphatic heterocycles. The molecule has 2 N–H and O–H groups in total. The number of likely N-dealkylation sites (N-methyl/N-ethyl adjacent to an activating group) is 1. The van der Waals surface area contributed by atoms with Gasteiger partial charge in [0.15, 0.2) is 0 Å². The van der Waals surface area contributed by atoms with Gasteiger partial charge in [0.1, 0.15) is 0 Å². The number of piperidine rings is 3. The highest BCUT2D eigenvalue weighted by Crippen LogP contribution is 2.35. The lowest BCUT2D eigenvalue weighted by Gasteiger charge is -2.43. The summed E-state index contributed by atoms with van der Waals surface area (Å²) in [5.74, 6) is 2.01. The lowest BCUT2D eigenvalue weighted by atomic mass is 9.80. The molecule has 8 aliphatic rings. The summed E-state index contributed by atoms with van der Waals surface area (Å²) >= 11 is 0. The highest BCUT2D eigenvalue weighted by atomic mass is 15.3. The van der Waals surface area contributed by atoms with Crippen molar-refractivity contribution in [2.45, 2.75) is 114 Å². The largest absolute Gasteiger partial charge is 0.331 e. The molecule has 8 fully saturated rings. The average Bonchev–Trinajstić information content (AvgIpc) is 3.72. The van der Waals surface area contributed by atoms with Crippen LogP contribution in [0.2, 0.25) is 0 Å². The van der Waals surface area contributed by atoms with E-state index in [2.05, 4.69) is 67.6 Å². The number of hydrogen-bond donors (Lipinski definition) is 2. The fourth-order valence-electron chi connectivity index (χ4n) is 8.33. The normalized spacial score (nSPS) is 38.5. The molecule has 3 atom stereocenters. The summed E-state index contributed by atoms with van der Waals surface area (Å²) in [6, 6.07) is 4.57. The van der Waals surface area contributed by atoms with E-state index in [4.69, 9.17) is 0 Å². The standard InChI is InChI=1S/C9H21N2.C8H16N2.C8H15N.C7H13N/c1-11(2,3)7-5-9-4-6-10-8-9;1-10-6-2-3-7-8(10)4-5-9-7;1-9-6-7-2-4-8(9)5-3-7;1-8-6-2-3-7(8)5-4-6/h9-10H,4-8H2,1-3H3;7-9H,2-6H2,1H3;7-8H,2-6H2,1H3;6-7H,2-5H2,1H3/q+1;;;. The van der Waals surface area contributed by atoms with Crippen LogP contribution in [-0.2, 0) is 0 Å². The van der Waals surface area contributed by atoms with Gasteiger partial charge < -0.3 is 29.8 Å². The summed E-state index contributed by atoms with van der Waals surface area (Å²) in [7, 11) is 13.6. The molecule has 7 heterocycles. The summed E-state index contributed by atoms with van der Waals surface area (Å²) in [4.78, 5) is 7.60. The fraction of sp³-hybridized carbons (Fsp3) is 1.00. The van der Waals surface area contributed by atoms with Crippen molar-refractivity contribution >= 4 is 0 Å². The van der Waals surface area contributed by atoms with E-state index in [9.17, 15) is 0 Å². The third kappa shape index (κ3) is 9.14. The number of hydrogen-bond acceptors (Lipinski definition) is 5. The Labute approximate surface area is 236 Å². The molecule has 0 aromatic rings. The molecule has 0 spiro atoms. The third-order valence-electron chi connectivity index (χ3n) is 11.1. The van der Waals surface area contributed by atoms with Gasteiger partial charge in [-0.15, -0.1) is 0 Å². The monoisotopic (exact) mass is 534 g/mol. The molecule has 1 saturated carbocycles. The molecular weight excluding hydrogens is 468 g/mol. The van der Waals surface area contributed by atoms with Crippen molar-refractivity contribution in [3.05, 3.63) is 0 Å². The Morgan fingerprint density at radius 3 is 1.79 bits per heavy atom. The predicted molar refractivity (Wildman–Crippen MR) is 163 cm³/mol. The van der Waals surface area contributed by atoms with E-state index >= 15 is 0 Å². The topological polar surface area (TPSA) is 33.8 Å². The van der Waals surface area contributed by atoms with E-state index < -0.39 is 0 Å². The van der Waals surface area contributed by atoms with Crippen molar-refractivity contribution in [2.24, 2.45) is 11.8 Å². The number of likely N-dealkylation sites (tertiary alicyclic amines) is 1. The van der Waals surface area contributed by atoms with Crippen molar-refractivity contribution in [2.75, 3.05) is 81.6 Å². The second-order valence-corrected chi connectivity index (χ2v) is 14.9. The molecule has 222 valence electrons. The molecule has 1 aliphatic carbocycles. The highest BCUT2D eigenvalue weighted by Gasteiger charge is 2.36. The van der Waals surface area contributed by atoms with Crippen molar-refractivity contribution < 1.29 is 4.48 Å². The van der Waals surface area contributed by atoms with Crippen molar-refractivity contribution in [1.82, 2.24) is 25.3 Å². The smallest absolute Gasteiger partial charge is 0.0783 e. The summed E-state index contributed by atoms with van der Waals surface area (Å²) in [6.45, 7) is 7.72. The van der Waals surface area contributed by atoms with Gasteiger partial charge >= 0.3 is 0 Å². The highest BCUT2D eigenvalue weighted by molar-refractivity contribution is 4.93. The van der Waals surface area contributed by atoms with Crippen molar-refractivity contribution in [3.63, 3.8) is 0 Å². The van der Waals surface area contributed by atoms with Crippen LogP contribution >= 0.6 is 0 Å². The zero-order valence-electron chi connectivity index (χ0n) is 26.3. The fourth-order valence-corrected chi connectivity index (χ4v) is 8.33. The van der Waals surface area contributed by atoms with Gasteiger partial charge in [-0.25, -0.2) is 0 Å². The molecule has 38 heavy (non-hydrogen) atoms. The van der Waals surface area contributed by atoms with Gasteiger partial charge in [0.05, 0.1) is 27.7 Å². The Morgan fingerprint density at radius 2 is 1.37 bits per heavy atom. The van der Waals surface area contributed by atoms with Crippen molar-refractivity contribution in [3.8, 4) is 0 Å². The maximum atomic E-state index is 3.55. The number of nitrogens with one attached hydrogen (secondary N) is 2. The van der Waals surface area contributed by atoms with Crippen LogP contribution in [0.5, 0.6) is 0 Å². The minimum atomic E-state index is 0.818. The van der Waals surface area contributed by atoms with Crippen LogP contribution in [0.4, 0.5) is 0 Å². The molecule has 6 heteroatoms. The van der Waals surface area contributed by atoms with Gasteiger partial charge in [0.2, 0.25) is 0 Å². The van der Waals surface area contributed by atoms with Gasteiger partial charge in [-0.2, -0.15) is 0 Å². The Hall–Kier alpha value is -0.240. The van der Waals surface area contributed by atoms with E-state index in [0.29, 0.717) is 0 Å². The zero-order valence-corrected chi connectivity index (χ0v) is 26.3. The summed E-state index contributed by atoms with van der Waals surface area (Å²) in [5, 5.41) is 6.95. The first kappa shape index (κ1) is 30.7. The molecule has 0 radical (unpaired) electrons. The van der Waals surface area contributed by atoms with Gasteiger partial charge in [0, 0.05) is 43.2 Å². The number of nitrogens with zero attached hydrogens (tertiary/aromatic N) is 4. The van der Waals surface area contributed by atoms with Gasteiger partial charge in [0.25, 0.3) is 0 Å². The van der Waals surface area contributed by atoms with Crippen LogP contribution in [0.25, 0.3) is 0 Å². The quantitative estimate of drug-likeness (QED) is 0.539. The first-order valence-corrected chi connectivity index (χ1v) is 16.6. The summed E-state index contributed by atoms with van der Waals surface area (Å²) < 4.78 is 1.11. The average molecular weight is 534 g/mol. The van der Waals surface area contributed by atoms with E-state index in [0.717, 1.165) is 46.5 Å².